The zero-order valence-corrected chi connectivity index (χ0v) is 14.1. The molecule has 0 bridgehead atoms. The number of nitrogens with one attached hydrogen (secondary N) is 1. The largest absolute Gasteiger partial charge is 0.491 e. The molecule has 0 saturated heterocycles. The summed E-state index contributed by atoms with van der Waals surface area (Å²) < 4.78 is 9.42. The summed E-state index contributed by atoms with van der Waals surface area (Å²) >= 11 is 0. The van der Waals surface area contributed by atoms with Crippen molar-refractivity contribution in [3.63, 3.8) is 0 Å². The van der Waals surface area contributed by atoms with Gasteiger partial charge in [0.1, 0.15) is 18.5 Å². The molecule has 3 aromatic rings. The number of para-hydroxylation sites is 2. The summed E-state index contributed by atoms with van der Waals surface area (Å²) in [7, 11) is 0. The lowest BCUT2D eigenvalue weighted by Crippen LogP contribution is -2.31. The van der Waals surface area contributed by atoms with Gasteiger partial charge in [0.25, 0.3) is 0 Å². The highest BCUT2D eigenvalue weighted by atomic mass is 16.5. The first-order chi connectivity index (χ1) is 11.6. The minimum atomic E-state index is -0.684. The number of benzene rings is 2. The van der Waals surface area contributed by atoms with Crippen LogP contribution in [0.25, 0.3) is 11.0 Å². The number of fused-ring (bicyclic) bond motifs is 1. The Labute approximate surface area is 141 Å². The Morgan fingerprint density at radius 3 is 2.29 bits per heavy atom. The quantitative estimate of drug-likeness (QED) is 0.732. The molecule has 0 spiro atoms. The van der Waals surface area contributed by atoms with Gasteiger partial charge in [-0.05, 0) is 38.1 Å². The fraction of sp³-hybridized carbons (Fsp3) is 0.316. The van der Waals surface area contributed by atoms with Crippen molar-refractivity contribution in [3.8, 4) is 5.75 Å². The predicted octanol–water partition coefficient (Wildman–Crippen LogP) is 2.69. The molecule has 5 heteroatoms. The first-order valence-electron chi connectivity index (χ1n) is 8.20. The number of ether oxygens (including phenoxy) is 1. The molecule has 2 aromatic carbocycles. The first kappa shape index (κ1) is 16.3. The van der Waals surface area contributed by atoms with Crippen LogP contribution in [0.15, 0.2) is 48.5 Å². The molecule has 0 saturated carbocycles. The molecule has 24 heavy (non-hydrogen) atoms. The second-order valence-electron chi connectivity index (χ2n) is 5.95. The molecule has 1 aromatic heterocycles. The summed E-state index contributed by atoms with van der Waals surface area (Å²) in [6.45, 7) is 5.29. The second-order valence-corrected chi connectivity index (χ2v) is 5.95. The van der Waals surface area contributed by atoms with Crippen LogP contribution < -0.4 is 10.4 Å². The summed E-state index contributed by atoms with van der Waals surface area (Å²) in [4.78, 5) is 0. The Bertz CT molecular complexity index is 878. The van der Waals surface area contributed by atoms with Crippen LogP contribution in [0, 0.1) is 12.3 Å². The van der Waals surface area contributed by atoms with Crippen molar-refractivity contribution < 1.29 is 9.84 Å². The maximum absolute atomic E-state index is 10.3. The highest BCUT2D eigenvalue weighted by molar-refractivity contribution is 5.75. The van der Waals surface area contributed by atoms with Crippen LogP contribution in [0.5, 0.6) is 5.75 Å². The van der Waals surface area contributed by atoms with Crippen molar-refractivity contribution in [3.05, 3.63) is 59.7 Å². The van der Waals surface area contributed by atoms with E-state index in [0.29, 0.717) is 12.2 Å². The third-order valence-corrected chi connectivity index (χ3v) is 4.15. The van der Waals surface area contributed by atoms with Gasteiger partial charge in [-0.15, -0.1) is 0 Å². The molecular weight excluding hydrogens is 302 g/mol. The van der Waals surface area contributed by atoms with Gasteiger partial charge >= 0.3 is 0 Å². The van der Waals surface area contributed by atoms with E-state index in [1.807, 2.05) is 71.5 Å². The Morgan fingerprint density at radius 2 is 1.67 bits per heavy atom. The number of aryl methyl sites for hydroxylation is 2. The first-order valence-corrected chi connectivity index (χ1v) is 8.20. The standard InChI is InChI=1S/C19H23N3O2/c1-3-21-17-6-4-5-7-18(17)22(19(21)20)12-15(23)13-24-16-10-8-14(2)9-11-16/h4-11,15,20,23H,3,12-13H2,1-2H3/t15-/m1/s1. The molecule has 1 atom stereocenters. The van der Waals surface area contributed by atoms with Crippen LogP contribution in [-0.4, -0.2) is 27.0 Å². The monoisotopic (exact) mass is 325 g/mol. The third-order valence-electron chi connectivity index (χ3n) is 4.15. The van der Waals surface area contributed by atoms with Crippen LogP contribution >= 0.6 is 0 Å². The number of aromatic nitrogens is 2. The van der Waals surface area contributed by atoms with Crippen LogP contribution in [0.2, 0.25) is 0 Å². The Morgan fingerprint density at radius 1 is 1.04 bits per heavy atom. The van der Waals surface area contributed by atoms with Gasteiger partial charge in [0.05, 0.1) is 17.6 Å². The van der Waals surface area contributed by atoms with Gasteiger partial charge in [-0.2, -0.15) is 0 Å². The van der Waals surface area contributed by atoms with Gasteiger partial charge in [0.2, 0.25) is 5.62 Å². The number of nitrogens with zero attached hydrogens (tertiary/aromatic N) is 2. The van der Waals surface area contributed by atoms with E-state index >= 15 is 0 Å². The van der Waals surface area contributed by atoms with E-state index in [-0.39, 0.29) is 6.61 Å². The van der Waals surface area contributed by atoms with Crippen molar-refractivity contribution in [2.24, 2.45) is 0 Å². The zero-order chi connectivity index (χ0) is 17.1. The summed E-state index contributed by atoms with van der Waals surface area (Å²) in [5.74, 6) is 0.742. The molecule has 3 rings (SSSR count). The SMILES string of the molecule is CCn1c(=N)n(C[C@@H](O)COc2ccc(C)cc2)c2ccccc21. The molecule has 0 aliphatic carbocycles. The molecule has 0 fully saturated rings. The van der Waals surface area contributed by atoms with Crippen molar-refractivity contribution in [1.29, 1.82) is 5.41 Å². The number of rotatable bonds is 6. The maximum atomic E-state index is 10.3. The molecule has 0 aliphatic rings. The molecule has 0 unspecified atom stereocenters. The Hall–Kier alpha value is -2.53. The van der Waals surface area contributed by atoms with E-state index in [1.165, 1.54) is 5.56 Å². The Balaban J connectivity index is 1.76. The van der Waals surface area contributed by atoms with Crippen molar-refractivity contribution >= 4 is 11.0 Å². The maximum Gasteiger partial charge on any atom is 0.203 e. The summed E-state index contributed by atoms with van der Waals surface area (Å²) in [6.07, 6.45) is -0.684. The van der Waals surface area contributed by atoms with Crippen LogP contribution in [0.4, 0.5) is 0 Å². The Kier molecular flexibility index (Phi) is 4.71. The molecular formula is C19H23N3O2. The van der Waals surface area contributed by atoms with E-state index in [0.717, 1.165) is 23.3 Å². The minimum Gasteiger partial charge on any atom is -0.491 e. The molecule has 0 radical (unpaired) electrons. The van der Waals surface area contributed by atoms with E-state index in [2.05, 4.69) is 0 Å². The topological polar surface area (TPSA) is 63.2 Å². The van der Waals surface area contributed by atoms with E-state index in [1.54, 1.807) is 0 Å². The summed E-state index contributed by atoms with van der Waals surface area (Å²) in [6, 6.07) is 15.7. The van der Waals surface area contributed by atoms with E-state index in [9.17, 15) is 5.11 Å². The number of hydrogen-bond acceptors (Lipinski definition) is 3. The number of imidazole rings is 1. The van der Waals surface area contributed by atoms with Gasteiger partial charge in [-0.25, -0.2) is 0 Å². The minimum absolute atomic E-state index is 0.196. The zero-order valence-electron chi connectivity index (χ0n) is 14.1. The van der Waals surface area contributed by atoms with Crippen molar-refractivity contribution in [1.82, 2.24) is 9.13 Å². The van der Waals surface area contributed by atoms with Crippen molar-refractivity contribution in [2.45, 2.75) is 33.0 Å². The molecule has 126 valence electrons. The van der Waals surface area contributed by atoms with E-state index in [4.69, 9.17) is 10.1 Å². The number of aliphatic hydroxyl groups is 1. The fourth-order valence-electron chi connectivity index (χ4n) is 2.89. The lowest BCUT2D eigenvalue weighted by Gasteiger charge is -2.14. The number of hydrogen-bond donors (Lipinski definition) is 2. The van der Waals surface area contributed by atoms with Gasteiger partial charge in [-0.3, -0.25) is 5.41 Å². The smallest absolute Gasteiger partial charge is 0.203 e. The predicted molar refractivity (Wildman–Crippen MR) is 94.1 cm³/mol. The second kappa shape index (κ2) is 6.93. The molecule has 0 aliphatic heterocycles. The molecule has 1 heterocycles. The van der Waals surface area contributed by atoms with Crippen molar-refractivity contribution in [2.75, 3.05) is 6.61 Å². The van der Waals surface area contributed by atoms with Crippen LogP contribution in [0.1, 0.15) is 12.5 Å². The van der Waals surface area contributed by atoms with Gasteiger partial charge in [0, 0.05) is 6.54 Å². The van der Waals surface area contributed by atoms with Gasteiger partial charge in [-0.1, -0.05) is 29.8 Å². The van der Waals surface area contributed by atoms with Gasteiger partial charge in [0.15, 0.2) is 0 Å². The third kappa shape index (κ3) is 3.21. The lowest BCUT2D eigenvalue weighted by atomic mass is 10.2. The van der Waals surface area contributed by atoms with E-state index < -0.39 is 6.10 Å². The highest BCUT2D eigenvalue weighted by Crippen LogP contribution is 2.14. The average molecular weight is 325 g/mol. The highest BCUT2D eigenvalue weighted by Gasteiger charge is 2.13. The van der Waals surface area contributed by atoms with Crippen LogP contribution in [-0.2, 0) is 13.1 Å². The normalized spacial score (nSPS) is 12.5. The number of aliphatic hydroxyl groups excluding tert-OH is 1. The average Bonchev–Trinajstić information content (AvgIpc) is 2.86. The lowest BCUT2D eigenvalue weighted by molar-refractivity contribution is 0.0921. The summed E-state index contributed by atoms with van der Waals surface area (Å²) in [5, 5.41) is 18.7. The van der Waals surface area contributed by atoms with Gasteiger partial charge < -0.3 is 19.0 Å². The molecule has 2 N–H and O–H groups in total. The van der Waals surface area contributed by atoms with Crippen LogP contribution in [0.3, 0.4) is 0 Å². The molecule has 0 amide bonds. The fourth-order valence-corrected chi connectivity index (χ4v) is 2.89. The molecule has 5 nitrogen and oxygen atoms in total. The summed E-state index contributed by atoms with van der Waals surface area (Å²) in [5.41, 5.74) is 3.54.